The van der Waals surface area contributed by atoms with Crippen LogP contribution < -0.4 is 16.0 Å². The van der Waals surface area contributed by atoms with Crippen molar-refractivity contribution in [3.8, 4) is 0 Å². The Kier molecular flexibility index (Phi) is 6.69. The molecule has 3 aromatic rings. The first-order chi connectivity index (χ1) is 15.9. The minimum atomic E-state index is -0.543. The summed E-state index contributed by atoms with van der Waals surface area (Å²) in [6.07, 6.45) is 4.63. The standard InChI is InChI=1S/C23H21ClFN5O3/c24-18-11-14(25)3-8-17(18)21(31)29-15-4-6-16(7-5-15)30-23(33)20-19(27-12-28-20)22(32)26-10-9-13-1-2-13/h3-8,11-13H,1-2,9-10H2,(H,26,32)(H,27,28)(H,29,31)(H,30,33). The van der Waals surface area contributed by atoms with E-state index in [4.69, 9.17) is 11.6 Å². The van der Waals surface area contributed by atoms with E-state index in [1.165, 1.54) is 25.2 Å². The van der Waals surface area contributed by atoms with Gasteiger partial charge in [-0.3, -0.25) is 14.4 Å². The van der Waals surface area contributed by atoms with Crippen LogP contribution in [0.4, 0.5) is 15.8 Å². The molecule has 3 amide bonds. The molecule has 33 heavy (non-hydrogen) atoms. The van der Waals surface area contributed by atoms with Gasteiger partial charge in [0.25, 0.3) is 17.7 Å². The second kappa shape index (κ2) is 9.83. The summed E-state index contributed by atoms with van der Waals surface area (Å²) in [5.74, 6) is -1.26. The van der Waals surface area contributed by atoms with Gasteiger partial charge in [0, 0.05) is 17.9 Å². The third kappa shape index (κ3) is 5.75. The monoisotopic (exact) mass is 469 g/mol. The number of carbonyl (C=O) groups excluding carboxylic acids is 3. The van der Waals surface area contributed by atoms with Crippen LogP contribution in [-0.4, -0.2) is 34.2 Å². The van der Waals surface area contributed by atoms with Crippen molar-refractivity contribution in [1.29, 1.82) is 0 Å². The first-order valence-electron chi connectivity index (χ1n) is 10.4. The number of rotatable bonds is 8. The van der Waals surface area contributed by atoms with Crippen molar-refractivity contribution in [2.75, 3.05) is 17.2 Å². The average molecular weight is 470 g/mol. The van der Waals surface area contributed by atoms with Gasteiger partial charge in [-0.25, -0.2) is 9.37 Å². The van der Waals surface area contributed by atoms with Crippen molar-refractivity contribution < 1.29 is 18.8 Å². The summed E-state index contributed by atoms with van der Waals surface area (Å²) in [4.78, 5) is 44.0. The second-order valence-corrected chi connectivity index (χ2v) is 8.13. The number of hydrogen-bond acceptors (Lipinski definition) is 4. The largest absolute Gasteiger partial charge is 0.351 e. The van der Waals surface area contributed by atoms with Crippen molar-refractivity contribution >= 4 is 40.7 Å². The van der Waals surface area contributed by atoms with Gasteiger partial charge in [-0.1, -0.05) is 24.4 Å². The average Bonchev–Trinajstić information content (AvgIpc) is 3.47. The lowest BCUT2D eigenvalue weighted by Gasteiger charge is -2.09. The molecule has 4 N–H and O–H groups in total. The molecule has 8 nitrogen and oxygen atoms in total. The van der Waals surface area contributed by atoms with Gasteiger partial charge in [0.1, 0.15) is 11.5 Å². The van der Waals surface area contributed by atoms with Crippen molar-refractivity contribution in [3.05, 3.63) is 76.6 Å². The van der Waals surface area contributed by atoms with Crippen LogP contribution in [0.3, 0.4) is 0 Å². The number of hydrogen-bond donors (Lipinski definition) is 4. The molecule has 10 heteroatoms. The lowest BCUT2D eigenvalue weighted by atomic mass is 10.2. The fourth-order valence-corrected chi connectivity index (χ4v) is 3.48. The smallest absolute Gasteiger partial charge is 0.276 e. The number of H-pyrrole nitrogens is 1. The van der Waals surface area contributed by atoms with Crippen molar-refractivity contribution in [3.63, 3.8) is 0 Å². The molecule has 1 aliphatic carbocycles. The van der Waals surface area contributed by atoms with E-state index in [1.807, 2.05) is 0 Å². The van der Waals surface area contributed by atoms with Crippen LogP contribution in [-0.2, 0) is 0 Å². The van der Waals surface area contributed by atoms with E-state index in [2.05, 4.69) is 25.9 Å². The molecule has 1 fully saturated rings. The first-order valence-corrected chi connectivity index (χ1v) is 10.8. The Hall–Kier alpha value is -3.72. The lowest BCUT2D eigenvalue weighted by Crippen LogP contribution is -2.28. The molecule has 0 radical (unpaired) electrons. The molecule has 2 aromatic carbocycles. The number of halogens is 2. The van der Waals surface area contributed by atoms with Crippen LogP contribution in [0.15, 0.2) is 48.8 Å². The molecule has 1 aromatic heterocycles. The van der Waals surface area contributed by atoms with Gasteiger partial charge in [0.2, 0.25) is 0 Å². The third-order valence-corrected chi connectivity index (χ3v) is 5.51. The maximum absolute atomic E-state index is 13.2. The molecule has 4 rings (SSSR count). The minimum absolute atomic E-state index is 0.00256. The Balaban J connectivity index is 1.35. The highest BCUT2D eigenvalue weighted by molar-refractivity contribution is 6.34. The summed E-state index contributed by atoms with van der Waals surface area (Å²) in [7, 11) is 0. The molecule has 0 saturated heterocycles. The van der Waals surface area contributed by atoms with Gasteiger partial charge in [-0.15, -0.1) is 0 Å². The molecule has 0 bridgehead atoms. The molecule has 0 unspecified atom stereocenters. The quantitative estimate of drug-likeness (QED) is 0.395. The van der Waals surface area contributed by atoms with Gasteiger partial charge >= 0.3 is 0 Å². The zero-order chi connectivity index (χ0) is 23.4. The summed E-state index contributed by atoms with van der Waals surface area (Å²) in [5.41, 5.74) is 1.12. The predicted molar refractivity (Wildman–Crippen MR) is 122 cm³/mol. The molecule has 1 aliphatic rings. The highest BCUT2D eigenvalue weighted by Crippen LogP contribution is 2.31. The topological polar surface area (TPSA) is 116 Å². The lowest BCUT2D eigenvalue weighted by molar-refractivity contribution is 0.0934. The fourth-order valence-electron chi connectivity index (χ4n) is 3.22. The number of amides is 3. The molecule has 0 aliphatic heterocycles. The van der Waals surface area contributed by atoms with Crippen molar-refractivity contribution in [2.45, 2.75) is 19.3 Å². The number of imidazole rings is 1. The van der Waals surface area contributed by atoms with Crippen LogP contribution in [0.5, 0.6) is 0 Å². The Morgan fingerprint density at radius 1 is 1.00 bits per heavy atom. The van der Waals surface area contributed by atoms with Crippen LogP contribution >= 0.6 is 11.6 Å². The van der Waals surface area contributed by atoms with Crippen molar-refractivity contribution in [2.24, 2.45) is 5.92 Å². The second-order valence-electron chi connectivity index (χ2n) is 7.72. The van der Waals surface area contributed by atoms with Crippen molar-refractivity contribution in [1.82, 2.24) is 15.3 Å². The van der Waals surface area contributed by atoms with Gasteiger partial charge in [-0.05, 0) is 54.8 Å². The highest BCUT2D eigenvalue weighted by Gasteiger charge is 2.23. The number of aromatic nitrogens is 2. The van der Waals surface area contributed by atoms with E-state index < -0.39 is 17.6 Å². The van der Waals surface area contributed by atoms with Gasteiger partial charge < -0.3 is 20.9 Å². The normalized spacial score (nSPS) is 12.8. The number of nitrogens with one attached hydrogen (secondary N) is 4. The number of nitrogens with zero attached hydrogens (tertiary/aromatic N) is 1. The highest BCUT2D eigenvalue weighted by atomic mass is 35.5. The van der Waals surface area contributed by atoms with Crippen LogP contribution in [0, 0.1) is 11.7 Å². The van der Waals surface area contributed by atoms with Gasteiger partial charge in [0.15, 0.2) is 5.69 Å². The molecule has 0 atom stereocenters. The Morgan fingerprint density at radius 3 is 2.30 bits per heavy atom. The summed E-state index contributed by atoms with van der Waals surface area (Å²) < 4.78 is 13.2. The van der Waals surface area contributed by atoms with Crippen LogP contribution in [0.25, 0.3) is 0 Å². The summed E-state index contributed by atoms with van der Waals surface area (Å²) in [6, 6.07) is 9.85. The molecule has 1 saturated carbocycles. The van der Waals surface area contributed by atoms with E-state index in [0.29, 0.717) is 23.8 Å². The Labute approximate surface area is 193 Å². The number of aromatic amines is 1. The van der Waals surface area contributed by atoms with E-state index in [9.17, 15) is 18.8 Å². The molecule has 1 heterocycles. The predicted octanol–water partition coefficient (Wildman–Crippen LogP) is 4.24. The Morgan fingerprint density at radius 2 is 1.67 bits per heavy atom. The maximum atomic E-state index is 13.2. The number of anilines is 2. The van der Waals surface area contributed by atoms with E-state index in [-0.39, 0.29) is 27.9 Å². The van der Waals surface area contributed by atoms with E-state index in [1.54, 1.807) is 24.3 Å². The minimum Gasteiger partial charge on any atom is -0.351 e. The zero-order valence-electron chi connectivity index (χ0n) is 17.5. The third-order valence-electron chi connectivity index (χ3n) is 5.19. The SMILES string of the molecule is O=C(Nc1ccc(NC(=O)c2nc[nH]c2C(=O)NCCC2CC2)cc1)c1ccc(F)cc1Cl. The number of carbonyl (C=O) groups is 3. The maximum Gasteiger partial charge on any atom is 0.276 e. The number of benzene rings is 2. The van der Waals surface area contributed by atoms with Crippen LogP contribution in [0.1, 0.15) is 50.6 Å². The molecule has 0 spiro atoms. The van der Waals surface area contributed by atoms with Gasteiger partial charge in [-0.2, -0.15) is 0 Å². The van der Waals surface area contributed by atoms with E-state index in [0.717, 1.165) is 18.6 Å². The molecule has 170 valence electrons. The fraction of sp³-hybridized carbons (Fsp3) is 0.217. The van der Waals surface area contributed by atoms with Gasteiger partial charge in [0.05, 0.1) is 16.9 Å². The van der Waals surface area contributed by atoms with E-state index >= 15 is 0 Å². The van der Waals surface area contributed by atoms with Crippen LogP contribution in [0.2, 0.25) is 5.02 Å². The first kappa shape index (κ1) is 22.5. The summed E-state index contributed by atoms with van der Waals surface area (Å²) in [5, 5.41) is 8.13. The molecular formula is C23H21ClFN5O3. The Bertz CT molecular complexity index is 1190. The molecular weight excluding hydrogens is 449 g/mol. The summed E-state index contributed by atoms with van der Waals surface area (Å²) >= 11 is 5.92. The summed E-state index contributed by atoms with van der Waals surface area (Å²) in [6.45, 7) is 0.555. The zero-order valence-corrected chi connectivity index (χ0v) is 18.2.